The number of carbonyl (C=O) groups excluding carboxylic acids is 3. The van der Waals surface area contributed by atoms with Crippen LogP contribution in [0.25, 0.3) is 0 Å². The van der Waals surface area contributed by atoms with Gasteiger partial charge in [-0.25, -0.2) is 9.98 Å². The van der Waals surface area contributed by atoms with Gasteiger partial charge in [-0.2, -0.15) is 0 Å². The number of benzene rings is 1. The molecule has 0 radical (unpaired) electrons. The molecule has 0 aromatic heterocycles. The SMILES string of the molecule is NC1=N[C@H]2C(CN3C(=O)C4CCCCC4C3=O)N=C(N)N3CC(NC(=O)c4cccc5c4CCCC5)C(O)(O)[C@]23N1. The average molecular weight is 565 g/mol. The van der Waals surface area contributed by atoms with E-state index >= 15 is 0 Å². The third kappa shape index (κ3) is 3.64. The van der Waals surface area contributed by atoms with Crippen molar-refractivity contribution in [1.82, 2.24) is 20.4 Å². The lowest BCUT2D eigenvalue weighted by Gasteiger charge is -2.49. The summed E-state index contributed by atoms with van der Waals surface area (Å²) < 4.78 is 0. The van der Waals surface area contributed by atoms with Crippen molar-refractivity contribution in [2.75, 3.05) is 13.1 Å². The fraction of sp³-hybridized carbons (Fsp3) is 0.607. The van der Waals surface area contributed by atoms with E-state index in [1.165, 1.54) is 9.80 Å². The number of aryl methyl sites for hydroxylation is 1. The second-order valence-corrected chi connectivity index (χ2v) is 12.2. The summed E-state index contributed by atoms with van der Waals surface area (Å²) in [6.07, 6.45) is 6.92. The fourth-order valence-corrected chi connectivity index (χ4v) is 8.06. The zero-order chi connectivity index (χ0) is 28.7. The maximum atomic E-state index is 13.5. The van der Waals surface area contributed by atoms with E-state index in [4.69, 9.17) is 11.5 Å². The van der Waals surface area contributed by atoms with Gasteiger partial charge < -0.3 is 37.2 Å². The molecule has 0 bridgehead atoms. The Morgan fingerprint density at radius 1 is 1.05 bits per heavy atom. The largest absolute Gasteiger partial charge is 0.370 e. The van der Waals surface area contributed by atoms with Gasteiger partial charge in [0.2, 0.25) is 17.6 Å². The number of guanidine groups is 2. The Labute approximate surface area is 237 Å². The number of aliphatic hydroxyl groups is 2. The van der Waals surface area contributed by atoms with Gasteiger partial charge in [0.1, 0.15) is 12.1 Å². The molecule has 6 aliphatic rings. The van der Waals surface area contributed by atoms with Crippen LogP contribution in [0.5, 0.6) is 0 Å². The van der Waals surface area contributed by atoms with Crippen molar-refractivity contribution in [1.29, 1.82) is 0 Å². The van der Waals surface area contributed by atoms with Crippen LogP contribution in [-0.4, -0.2) is 92.3 Å². The smallest absolute Gasteiger partial charge is 0.252 e. The van der Waals surface area contributed by atoms with Crippen molar-refractivity contribution >= 4 is 29.6 Å². The van der Waals surface area contributed by atoms with Crippen LogP contribution >= 0.6 is 0 Å². The van der Waals surface area contributed by atoms with Gasteiger partial charge in [-0.15, -0.1) is 0 Å². The molecule has 4 unspecified atom stereocenters. The lowest BCUT2D eigenvalue weighted by molar-refractivity contribution is -0.230. The molecule has 7 rings (SSSR count). The van der Waals surface area contributed by atoms with Gasteiger partial charge >= 0.3 is 0 Å². The van der Waals surface area contributed by atoms with Crippen molar-refractivity contribution < 1.29 is 24.6 Å². The first-order valence-electron chi connectivity index (χ1n) is 14.6. The molecule has 2 saturated heterocycles. The van der Waals surface area contributed by atoms with Crippen molar-refractivity contribution in [2.24, 2.45) is 33.3 Å². The molecule has 4 heterocycles. The zero-order valence-electron chi connectivity index (χ0n) is 22.8. The van der Waals surface area contributed by atoms with E-state index in [0.29, 0.717) is 18.4 Å². The molecule has 4 aliphatic heterocycles. The van der Waals surface area contributed by atoms with Crippen LogP contribution < -0.4 is 22.1 Å². The van der Waals surface area contributed by atoms with Gasteiger partial charge in [-0.05, 0) is 55.7 Å². The predicted molar refractivity (Wildman–Crippen MR) is 147 cm³/mol. The van der Waals surface area contributed by atoms with Gasteiger partial charge in [0, 0.05) is 12.1 Å². The molecule has 1 aromatic rings. The molecule has 8 N–H and O–H groups in total. The Kier molecular flexibility index (Phi) is 5.85. The topological polar surface area (TPSA) is 199 Å². The number of hydrogen-bond donors (Lipinski definition) is 6. The number of nitrogens with two attached hydrogens (primary N) is 2. The summed E-state index contributed by atoms with van der Waals surface area (Å²) in [4.78, 5) is 51.7. The van der Waals surface area contributed by atoms with Gasteiger partial charge in [-0.1, -0.05) is 25.0 Å². The number of amides is 3. The second-order valence-electron chi connectivity index (χ2n) is 12.2. The number of rotatable bonds is 4. The number of hydrogen-bond acceptors (Lipinski definition) is 11. The summed E-state index contributed by atoms with van der Waals surface area (Å²) in [6.45, 7) is -0.179. The highest BCUT2D eigenvalue weighted by atomic mass is 16.5. The minimum Gasteiger partial charge on any atom is -0.370 e. The van der Waals surface area contributed by atoms with Crippen LogP contribution in [0.4, 0.5) is 0 Å². The van der Waals surface area contributed by atoms with E-state index in [9.17, 15) is 24.6 Å². The van der Waals surface area contributed by atoms with E-state index in [-0.39, 0.29) is 48.7 Å². The maximum Gasteiger partial charge on any atom is 0.252 e. The highest BCUT2D eigenvalue weighted by Crippen LogP contribution is 2.46. The Balaban J connectivity index is 1.18. The molecular formula is C28H36N8O5. The van der Waals surface area contributed by atoms with Crippen molar-refractivity contribution in [3.05, 3.63) is 34.9 Å². The van der Waals surface area contributed by atoms with Gasteiger partial charge in [0.25, 0.3) is 5.91 Å². The van der Waals surface area contributed by atoms with E-state index in [1.54, 1.807) is 6.07 Å². The fourth-order valence-electron chi connectivity index (χ4n) is 8.06. The van der Waals surface area contributed by atoms with Crippen LogP contribution in [0.15, 0.2) is 28.2 Å². The molecule has 13 heteroatoms. The molecule has 41 heavy (non-hydrogen) atoms. The molecule has 3 fully saturated rings. The number of likely N-dealkylation sites (tertiary alicyclic amines) is 1. The average Bonchev–Trinajstić information content (AvgIpc) is 3.52. The number of carbonyl (C=O) groups is 3. The first-order valence-corrected chi connectivity index (χ1v) is 14.6. The maximum absolute atomic E-state index is 13.5. The summed E-state index contributed by atoms with van der Waals surface area (Å²) in [5, 5.41) is 29.3. The summed E-state index contributed by atoms with van der Waals surface area (Å²) >= 11 is 0. The zero-order valence-corrected chi connectivity index (χ0v) is 22.8. The van der Waals surface area contributed by atoms with E-state index in [2.05, 4.69) is 20.6 Å². The lowest BCUT2D eigenvalue weighted by Crippen LogP contribution is -2.78. The van der Waals surface area contributed by atoms with Crippen LogP contribution in [0.2, 0.25) is 0 Å². The van der Waals surface area contributed by atoms with Crippen LogP contribution in [0.1, 0.15) is 60.0 Å². The number of aliphatic imine (C=N–C) groups is 2. The van der Waals surface area contributed by atoms with Crippen LogP contribution in [0.3, 0.4) is 0 Å². The minimum absolute atomic E-state index is 0.0264. The lowest BCUT2D eigenvalue weighted by atomic mass is 9.81. The second kappa shape index (κ2) is 9.15. The number of nitrogens with one attached hydrogen (secondary N) is 2. The summed E-state index contributed by atoms with van der Waals surface area (Å²) in [6, 6.07) is 2.56. The highest BCUT2D eigenvalue weighted by Gasteiger charge is 2.73. The molecule has 6 atom stereocenters. The van der Waals surface area contributed by atoms with Crippen LogP contribution in [0, 0.1) is 11.8 Å². The standard InChI is InChI=1S/C28H36N8O5/c29-25-33-21-19(12-35-23(38)17-9-3-4-10-18(17)24(35)39)31-26(30)36-13-20(28(40,41)27(21,36)34-25)32-22(37)16-11-5-7-14-6-1-2-8-15(14)16/h5,7,11,17-21,40-41H,1-4,6,8-10,12-13H2,(H2,30,31)(H,32,37)(H3,29,33,34)/t17?,18?,19?,20?,21-,27-/m0/s1. The Morgan fingerprint density at radius 2 is 1.76 bits per heavy atom. The highest BCUT2D eigenvalue weighted by molar-refractivity contribution is 6.05. The third-order valence-corrected chi connectivity index (χ3v) is 10.0. The van der Waals surface area contributed by atoms with E-state index < -0.39 is 35.5 Å². The first kappa shape index (κ1) is 26.2. The number of fused-ring (bicyclic) bond motifs is 2. The molecule has 3 amide bonds. The Morgan fingerprint density at radius 3 is 2.49 bits per heavy atom. The van der Waals surface area contributed by atoms with Gasteiger partial charge in [-0.3, -0.25) is 19.3 Å². The molecule has 2 aliphatic carbocycles. The normalized spacial score (nSPS) is 35.1. The minimum atomic E-state index is -2.60. The monoisotopic (exact) mass is 564 g/mol. The first-order chi connectivity index (χ1) is 19.6. The van der Waals surface area contributed by atoms with Crippen molar-refractivity contribution in [3.8, 4) is 0 Å². The molecule has 1 saturated carbocycles. The van der Waals surface area contributed by atoms with E-state index in [1.807, 2.05) is 12.1 Å². The van der Waals surface area contributed by atoms with Gasteiger partial charge in [0.05, 0.1) is 24.4 Å². The van der Waals surface area contributed by atoms with Crippen molar-refractivity contribution in [3.63, 3.8) is 0 Å². The number of nitrogens with zero attached hydrogens (tertiary/aromatic N) is 4. The predicted octanol–water partition coefficient (Wildman–Crippen LogP) is -1.48. The summed E-state index contributed by atoms with van der Waals surface area (Å²) in [7, 11) is 0. The third-order valence-electron chi connectivity index (χ3n) is 10.0. The quantitative estimate of drug-likeness (QED) is 0.186. The van der Waals surface area contributed by atoms with E-state index in [0.717, 1.165) is 49.7 Å². The van der Waals surface area contributed by atoms with Gasteiger partial charge in [0.15, 0.2) is 17.6 Å². The Bertz CT molecular complexity index is 1370. The summed E-state index contributed by atoms with van der Waals surface area (Å²) in [5.74, 6) is -4.20. The van der Waals surface area contributed by atoms with Crippen molar-refractivity contribution in [2.45, 2.75) is 80.9 Å². The summed E-state index contributed by atoms with van der Waals surface area (Å²) in [5.41, 5.74) is 13.4. The molecular weight excluding hydrogens is 528 g/mol. The molecule has 1 aromatic carbocycles. The number of imide groups is 1. The molecule has 13 nitrogen and oxygen atoms in total. The van der Waals surface area contributed by atoms with Crippen LogP contribution in [-0.2, 0) is 22.4 Å². The molecule has 1 spiro atoms. The Hall–Kier alpha value is -3.71. The molecule has 218 valence electrons.